The van der Waals surface area contributed by atoms with Gasteiger partial charge in [-0.1, -0.05) is 5.11 Å². The van der Waals surface area contributed by atoms with Crippen molar-refractivity contribution in [2.24, 2.45) is 5.11 Å². The third-order valence-corrected chi connectivity index (χ3v) is 7.19. The predicted octanol–water partition coefficient (Wildman–Crippen LogP) is 0.656. The van der Waals surface area contributed by atoms with Crippen molar-refractivity contribution in [1.29, 1.82) is 0 Å². The van der Waals surface area contributed by atoms with E-state index in [2.05, 4.69) is 25.3 Å². The molecule has 45 heavy (non-hydrogen) atoms. The maximum absolute atomic E-state index is 12.4. The van der Waals surface area contributed by atoms with Gasteiger partial charge in [0.05, 0.1) is 13.2 Å². The van der Waals surface area contributed by atoms with Crippen LogP contribution in [0, 0.1) is 13.8 Å². The van der Waals surface area contributed by atoms with Gasteiger partial charge in [0.1, 0.15) is 18.9 Å². The van der Waals surface area contributed by atoms with Crippen molar-refractivity contribution < 1.29 is 28.5 Å². The van der Waals surface area contributed by atoms with E-state index in [1.165, 1.54) is 40.5 Å². The maximum atomic E-state index is 12.4. The highest BCUT2D eigenvalue weighted by Gasteiger charge is 2.37. The minimum absolute atomic E-state index is 0.129. The fourth-order valence-corrected chi connectivity index (χ4v) is 4.80. The third kappa shape index (κ3) is 7.88. The van der Waals surface area contributed by atoms with E-state index in [0.717, 1.165) is 0 Å². The summed E-state index contributed by atoms with van der Waals surface area (Å²) in [4.78, 5) is 81.0. The molecule has 4 heterocycles. The van der Waals surface area contributed by atoms with Crippen LogP contribution in [-0.4, -0.2) is 81.4 Å². The molecule has 2 aliphatic heterocycles. The average molecular weight is 632 g/mol. The number of carbonyl (C=O) groups is 2. The van der Waals surface area contributed by atoms with Gasteiger partial charge < -0.3 is 24.3 Å². The summed E-state index contributed by atoms with van der Waals surface area (Å²) >= 11 is 0. The summed E-state index contributed by atoms with van der Waals surface area (Å²) in [6.07, 6.45) is 2.13. The number of aromatic amines is 2. The Kier molecular flexibility index (Phi) is 10.6. The number of ether oxygens (including phenoxy) is 4. The Labute approximate surface area is 254 Å². The summed E-state index contributed by atoms with van der Waals surface area (Å²) in [6, 6.07) is -0.727. The predicted molar refractivity (Wildman–Crippen MR) is 154 cm³/mol. The molecule has 19 heteroatoms. The van der Waals surface area contributed by atoms with Crippen LogP contribution in [0.4, 0.5) is 9.59 Å². The lowest BCUT2D eigenvalue weighted by Crippen LogP contribution is -2.42. The number of nitrogens with zero attached hydrogens (tertiary/aromatic N) is 6. The summed E-state index contributed by atoms with van der Waals surface area (Å²) in [6.45, 7) is 3.21. The van der Waals surface area contributed by atoms with Crippen LogP contribution in [0.3, 0.4) is 0 Å². The molecule has 0 aromatic carbocycles. The first-order valence-corrected chi connectivity index (χ1v) is 13.9. The lowest BCUT2D eigenvalue weighted by molar-refractivity contribution is -0.0595. The lowest BCUT2D eigenvalue weighted by atomic mass is 10.1. The van der Waals surface area contributed by atoms with Crippen molar-refractivity contribution in [3.63, 3.8) is 0 Å². The zero-order chi connectivity index (χ0) is 32.7. The molecular formula is C26H33N9O10. The van der Waals surface area contributed by atoms with Crippen LogP contribution in [0.25, 0.3) is 10.4 Å². The zero-order valence-electron chi connectivity index (χ0n) is 24.7. The van der Waals surface area contributed by atoms with Gasteiger partial charge in [-0.3, -0.25) is 33.6 Å². The second-order valence-electron chi connectivity index (χ2n) is 10.3. The zero-order valence-corrected chi connectivity index (χ0v) is 24.7. The normalized spacial score (nSPS) is 22.1. The first-order valence-electron chi connectivity index (χ1n) is 13.9. The van der Waals surface area contributed by atoms with Crippen LogP contribution in [-0.2, 0) is 18.9 Å². The number of azide groups is 1. The van der Waals surface area contributed by atoms with E-state index in [-0.39, 0.29) is 26.1 Å². The monoisotopic (exact) mass is 631 g/mol. The second kappa shape index (κ2) is 14.6. The highest BCUT2D eigenvalue weighted by Crippen LogP contribution is 2.30. The second-order valence-corrected chi connectivity index (χ2v) is 10.3. The highest BCUT2D eigenvalue weighted by atomic mass is 16.6. The largest absolute Gasteiger partial charge is 0.453 e. The minimum Gasteiger partial charge on any atom is -0.453 e. The maximum Gasteiger partial charge on any atom is 0.411 e. The quantitative estimate of drug-likeness (QED) is 0.103. The van der Waals surface area contributed by atoms with Gasteiger partial charge in [-0.25, -0.2) is 19.2 Å². The number of hydrogen-bond acceptors (Lipinski definition) is 11. The van der Waals surface area contributed by atoms with Crippen molar-refractivity contribution >= 4 is 12.2 Å². The molecule has 4 rings (SSSR count). The van der Waals surface area contributed by atoms with Crippen LogP contribution in [0.15, 0.2) is 48.8 Å². The Hall–Kier alpha value is -5.13. The number of alkyl carbamates (subject to hydrolysis) is 1. The molecule has 19 nitrogen and oxygen atoms in total. The Bertz CT molecular complexity index is 1720. The summed E-state index contributed by atoms with van der Waals surface area (Å²) in [7, 11) is 1.22. The molecule has 2 aromatic rings. The van der Waals surface area contributed by atoms with E-state index < -0.39 is 65.5 Å². The van der Waals surface area contributed by atoms with Gasteiger partial charge in [0.2, 0.25) is 0 Å². The molecule has 0 saturated carbocycles. The van der Waals surface area contributed by atoms with Crippen LogP contribution in [0.2, 0.25) is 0 Å². The van der Waals surface area contributed by atoms with Crippen molar-refractivity contribution in [2.45, 2.75) is 63.9 Å². The van der Waals surface area contributed by atoms with Crippen molar-refractivity contribution in [2.75, 3.05) is 26.8 Å². The number of carbonyl (C=O) groups excluding carboxylic acids is 2. The van der Waals surface area contributed by atoms with E-state index in [4.69, 9.17) is 24.5 Å². The number of H-pyrrole nitrogens is 2. The number of aryl methyl sites for hydroxylation is 2. The molecule has 5 atom stereocenters. The Balaban J connectivity index is 1.23. The molecular weight excluding hydrogens is 598 g/mol. The van der Waals surface area contributed by atoms with Gasteiger partial charge in [0.15, 0.2) is 12.5 Å². The lowest BCUT2D eigenvalue weighted by Gasteiger charge is -2.27. The minimum atomic E-state index is -0.846. The smallest absolute Gasteiger partial charge is 0.411 e. The van der Waals surface area contributed by atoms with Crippen LogP contribution < -0.4 is 27.8 Å². The third-order valence-electron chi connectivity index (χ3n) is 7.19. The Morgan fingerprint density at radius 3 is 2.40 bits per heavy atom. The topological polar surface area (TPSA) is 245 Å². The first kappa shape index (κ1) is 32.8. The molecule has 2 aliphatic rings. The van der Waals surface area contributed by atoms with Crippen molar-refractivity contribution in [3.05, 3.63) is 87.8 Å². The van der Waals surface area contributed by atoms with Gasteiger partial charge in [-0.05, 0) is 44.4 Å². The number of hydrogen-bond donors (Lipinski definition) is 3. The molecule has 1 saturated heterocycles. The molecule has 2 aromatic heterocycles. The van der Waals surface area contributed by atoms with Gasteiger partial charge in [0, 0.05) is 47.9 Å². The van der Waals surface area contributed by atoms with Crippen LogP contribution in [0.1, 0.15) is 42.8 Å². The van der Waals surface area contributed by atoms with E-state index in [1.54, 1.807) is 19.1 Å². The standard InChI is InChI=1S/C26H33N9O10/c1-14-11-34(23(38)29-21(14)36)19-7-6-18(45-19)33(26(41)42-3)9-5-4-8-28-25(40)43-13-17-16(31-32-27)10-20(44-17)35-12-15(2)22(37)30-24(35)39/h6-7,11-12,16-20H,4-5,8-10,13H2,1-3H3,(H,28,40)(H,29,36,38)(H,30,37,39)/t16-,17+,18+,19-,20+/m0/s1. The Morgan fingerprint density at radius 2 is 1.73 bits per heavy atom. The van der Waals surface area contributed by atoms with E-state index in [9.17, 15) is 28.8 Å². The molecule has 1 fully saturated rings. The molecule has 2 amide bonds. The Morgan fingerprint density at radius 1 is 1.07 bits per heavy atom. The molecule has 0 spiro atoms. The van der Waals surface area contributed by atoms with Crippen LogP contribution >= 0.6 is 0 Å². The SMILES string of the molecule is COC(=O)N(CCCCNC(=O)OC[C@H]1O[C@@H](n2cc(C)c(=O)[nH]c2=O)C[C@@H]1N=[N+]=[N-])[C@H]1C=C[C@@H](n2cc(C)c(=O)[nH]c2=O)O1. The number of rotatable bonds is 11. The number of amides is 2. The number of methoxy groups -OCH3 is 1. The summed E-state index contributed by atoms with van der Waals surface area (Å²) in [5, 5.41) is 6.28. The summed E-state index contributed by atoms with van der Waals surface area (Å²) < 4.78 is 24.2. The van der Waals surface area contributed by atoms with Crippen molar-refractivity contribution in [1.82, 2.24) is 29.3 Å². The van der Waals surface area contributed by atoms with E-state index in [1.807, 2.05) is 0 Å². The molecule has 3 N–H and O–H groups in total. The summed E-state index contributed by atoms with van der Waals surface area (Å²) in [5.74, 6) is 0. The number of aromatic nitrogens is 4. The molecule has 0 bridgehead atoms. The van der Waals surface area contributed by atoms with Gasteiger partial charge in [0.25, 0.3) is 11.1 Å². The summed E-state index contributed by atoms with van der Waals surface area (Å²) in [5.41, 5.74) is 7.17. The fourth-order valence-electron chi connectivity index (χ4n) is 4.80. The molecule has 0 unspecified atom stereocenters. The first-order chi connectivity index (χ1) is 21.5. The van der Waals surface area contributed by atoms with Gasteiger partial charge >= 0.3 is 23.6 Å². The average Bonchev–Trinajstić information content (AvgIpc) is 3.65. The van der Waals surface area contributed by atoms with Gasteiger partial charge in [-0.15, -0.1) is 0 Å². The number of nitrogens with one attached hydrogen (secondary N) is 3. The molecule has 242 valence electrons. The van der Waals surface area contributed by atoms with E-state index in [0.29, 0.717) is 24.0 Å². The molecule has 0 radical (unpaired) electrons. The van der Waals surface area contributed by atoms with Gasteiger partial charge in [-0.2, -0.15) is 0 Å². The fraction of sp³-hybridized carbons (Fsp3) is 0.538. The van der Waals surface area contributed by atoms with Crippen LogP contribution in [0.5, 0.6) is 0 Å². The van der Waals surface area contributed by atoms with Crippen molar-refractivity contribution in [3.8, 4) is 0 Å². The highest BCUT2D eigenvalue weighted by molar-refractivity contribution is 5.68. The number of unbranched alkanes of at least 4 members (excludes halogenated alkanes) is 1. The van der Waals surface area contributed by atoms with E-state index >= 15 is 0 Å². The molecule has 0 aliphatic carbocycles.